The van der Waals surface area contributed by atoms with E-state index < -0.39 is 11.7 Å². The molecular weight excluding hydrogens is 443 g/mol. The van der Waals surface area contributed by atoms with Gasteiger partial charge in [-0.3, -0.25) is 10.1 Å². The molecule has 2 N–H and O–H groups in total. The number of carbonyl (C=O) groups excluding carboxylic acids is 1. The van der Waals surface area contributed by atoms with Crippen LogP contribution in [0.25, 0.3) is 11.3 Å². The summed E-state index contributed by atoms with van der Waals surface area (Å²) in [5, 5.41) is 5.25. The monoisotopic (exact) mass is 452 g/mol. The number of hydrogen-bond donors (Lipinski definition) is 2. The topological polar surface area (TPSA) is 54.3 Å². The summed E-state index contributed by atoms with van der Waals surface area (Å²) in [6.45, 7) is 0. The Kier molecular flexibility index (Phi) is 5.70. The van der Waals surface area contributed by atoms with Crippen LogP contribution in [0.4, 0.5) is 10.1 Å². The Morgan fingerprint density at radius 2 is 1.85 bits per heavy atom. The quantitative estimate of drug-likeness (QED) is 0.505. The van der Waals surface area contributed by atoms with Crippen molar-refractivity contribution in [2.24, 2.45) is 0 Å². The second kappa shape index (κ2) is 7.99. The molecule has 0 saturated heterocycles. The molecule has 0 atom stereocenters. The van der Waals surface area contributed by atoms with Crippen molar-refractivity contribution in [2.45, 2.75) is 0 Å². The number of thiocarbonyl (C=S) groups is 1. The first kappa shape index (κ1) is 18.6. The molecule has 0 unspecified atom stereocenters. The summed E-state index contributed by atoms with van der Waals surface area (Å²) >= 11 is 14.1. The number of amides is 1. The van der Waals surface area contributed by atoms with Crippen molar-refractivity contribution < 1.29 is 13.6 Å². The molecule has 132 valence electrons. The maximum absolute atomic E-state index is 13.2. The van der Waals surface area contributed by atoms with Crippen molar-refractivity contribution in [2.75, 3.05) is 5.32 Å². The zero-order valence-electron chi connectivity index (χ0n) is 13.1. The van der Waals surface area contributed by atoms with E-state index in [2.05, 4.69) is 26.6 Å². The van der Waals surface area contributed by atoms with Crippen molar-refractivity contribution in [3.8, 4) is 11.3 Å². The SMILES string of the molecule is O=C(NC(=S)Nc1ccc(F)c(Cl)c1)c1ccc(-c2ccc(Br)cc2)o1. The molecule has 0 bridgehead atoms. The predicted octanol–water partition coefficient (Wildman–Crippen LogP) is 5.63. The number of rotatable bonds is 3. The van der Waals surface area contributed by atoms with E-state index in [-0.39, 0.29) is 15.9 Å². The van der Waals surface area contributed by atoms with Crippen LogP contribution in [0.1, 0.15) is 10.6 Å². The first-order valence-corrected chi connectivity index (χ1v) is 8.93. The Hall–Kier alpha value is -2.22. The summed E-state index contributed by atoms with van der Waals surface area (Å²) in [5.41, 5.74) is 1.30. The summed E-state index contributed by atoms with van der Waals surface area (Å²) in [4.78, 5) is 12.2. The summed E-state index contributed by atoms with van der Waals surface area (Å²) < 4.78 is 19.7. The van der Waals surface area contributed by atoms with Gasteiger partial charge in [-0.2, -0.15) is 0 Å². The number of anilines is 1. The molecule has 1 amide bonds. The molecule has 0 saturated carbocycles. The molecule has 3 aromatic rings. The highest BCUT2D eigenvalue weighted by molar-refractivity contribution is 9.10. The van der Waals surface area contributed by atoms with Gasteiger partial charge < -0.3 is 9.73 Å². The minimum absolute atomic E-state index is 0.0410. The molecule has 3 rings (SSSR count). The van der Waals surface area contributed by atoms with Gasteiger partial charge in [0, 0.05) is 15.7 Å². The van der Waals surface area contributed by atoms with E-state index in [9.17, 15) is 9.18 Å². The van der Waals surface area contributed by atoms with Crippen LogP contribution in [0, 0.1) is 5.82 Å². The second-order valence-corrected chi connectivity index (χ2v) is 6.94. The largest absolute Gasteiger partial charge is 0.451 e. The lowest BCUT2D eigenvalue weighted by Gasteiger charge is -2.09. The van der Waals surface area contributed by atoms with Crippen molar-refractivity contribution in [1.29, 1.82) is 0 Å². The van der Waals surface area contributed by atoms with E-state index in [1.165, 1.54) is 18.2 Å². The third-order valence-corrected chi connectivity index (χ3v) is 4.39. The van der Waals surface area contributed by atoms with Crippen LogP contribution in [0.15, 0.2) is 63.5 Å². The number of carbonyl (C=O) groups is 1. The zero-order valence-corrected chi connectivity index (χ0v) is 16.2. The van der Waals surface area contributed by atoms with Crippen molar-refractivity contribution in [3.05, 3.63) is 75.7 Å². The lowest BCUT2D eigenvalue weighted by molar-refractivity contribution is 0.0951. The summed E-state index contributed by atoms with van der Waals surface area (Å²) in [6, 6.07) is 14.8. The maximum Gasteiger partial charge on any atom is 0.293 e. The molecule has 0 aliphatic rings. The van der Waals surface area contributed by atoms with Crippen LogP contribution in [-0.2, 0) is 0 Å². The molecule has 0 radical (unpaired) electrons. The second-order valence-electron chi connectivity index (χ2n) is 5.21. The summed E-state index contributed by atoms with van der Waals surface area (Å²) in [5.74, 6) is -0.363. The lowest BCUT2D eigenvalue weighted by atomic mass is 10.2. The van der Waals surface area contributed by atoms with Gasteiger partial charge in [0.1, 0.15) is 11.6 Å². The number of furan rings is 1. The molecule has 0 fully saturated rings. The van der Waals surface area contributed by atoms with Gasteiger partial charge >= 0.3 is 0 Å². The number of hydrogen-bond acceptors (Lipinski definition) is 3. The molecule has 1 aromatic heterocycles. The number of halogens is 3. The standard InChI is InChI=1S/C18H11BrClFN2O2S/c19-11-3-1-10(2-4-11)15-7-8-16(25-15)17(24)23-18(26)22-12-5-6-14(21)13(20)9-12/h1-9H,(H2,22,23,24,26). The van der Waals surface area contributed by atoms with E-state index in [4.69, 9.17) is 28.2 Å². The van der Waals surface area contributed by atoms with Crippen molar-refractivity contribution in [3.63, 3.8) is 0 Å². The van der Waals surface area contributed by atoms with Crippen LogP contribution < -0.4 is 10.6 Å². The van der Waals surface area contributed by atoms with Gasteiger partial charge in [-0.1, -0.05) is 39.7 Å². The van der Waals surface area contributed by atoms with Gasteiger partial charge in [0.05, 0.1) is 5.02 Å². The van der Waals surface area contributed by atoms with Crippen molar-refractivity contribution in [1.82, 2.24) is 5.32 Å². The molecule has 0 aliphatic heterocycles. The Morgan fingerprint density at radius 3 is 2.54 bits per heavy atom. The lowest BCUT2D eigenvalue weighted by Crippen LogP contribution is -2.33. The van der Waals surface area contributed by atoms with Crippen LogP contribution in [0.5, 0.6) is 0 Å². The van der Waals surface area contributed by atoms with Crippen LogP contribution in [-0.4, -0.2) is 11.0 Å². The average molecular weight is 454 g/mol. The zero-order chi connectivity index (χ0) is 18.7. The molecule has 26 heavy (non-hydrogen) atoms. The minimum atomic E-state index is -0.539. The first-order chi connectivity index (χ1) is 12.4. The average Bonchev–Trinajstić information content (AvgIpc) is 3.09. The van der Waals surface area contributed by atoms with E-state index >= 15 is 0 Å². The Balaban J connectivity index is 1.65. The van der Waals surface area contributed by atoms with E-state index in [0.717, 1.165) is 10.0 Å². The van der Waals surface area contributed by atoms with E-state index in [1.54, 1.807) is 12.1 Å². The molecule has 2 aromatic carbocycles. The number of benzene rings is 2. The Labute approximate surface area is 167 Å². The molecule has 0 aliphatic carbocycles. The van der Waals surface area contributed by atoms with Gasteiger partial charge in [0.2, 0.25) is 0 Å². The van der Waals surface area contributed by atoms with Crippen LogP contribution in [0.2, 0.25) is 5.02 Å². The van der Waals surface area contributed by atoms with Crippen LogP contribution in [0.3, 0.4) is 0 Å². The van der Waals surface area contributed by atoms with Gasteiger partial charge in [-0.15, -0.1) is 0 Å². The maximum atomic E-state index is 13.2. The van der Waals surface area contributed by atoms with Crippen molar-refractivity contribution >= 4 is 56.5 Å². The number of nitrogens with one attached hydrogen (secondary N) is 2. The Bertz CT molecular complexity index is 976. The fourth-order valence-electron chi connectivity index (χ4n) is 2.13. The normalized spacial score (nSPS) is 10.4. The summed E-state index contributed by atoms with van der Waals surface area (Å²) in [7, 11) is 0. The molecular formula is C18H11BrClFN2O2S. The molecule has 1 heterocycles. The van der Waals surface area contributed by atoms with E-state index in [1.807, 2.05) is 24.3 Å². The highest BCUT2D eigenvalue weighted by atomic mass is 79.9. The highest BCUT2D eigenvalue weighted by Crippen LogP contribution is 2.24. The first-order valence-electron chi connectivity index (χ1n) is 7.35. The molecule has 4 nitrogen and oxygen atoms in total. The third kappa shape index (κ3) is 4.49. The van der Waals surface area contributed by atoms with Gasteiger partial charge in [-0.25, -0.2) is 4.39 Å². The fraction of sp³-hybridized carbons (Fsp3) is 0. The summed E-state index contributed by atoms with van der Waals surface area (Å²) in [6.07, 6.45) is 0. The predicted molar refractivity (Wildman–Crippen MR) is 107 cm³/mol. The highest BCUT2D eigenvalue weighted by Gasteiger charge is 2.14. The van der Waals surface area contributed by atoms with Crippen LogP contribution >= 0.6 is 39.7 Å². The fourth-order valence-corrected chi connectivity index (χ4v) is 2.79. The van der Waals surface area contributed by atoms with E-state index in [0.29, 0.717) is 11.4 Å². The third-order valence-electron chi connectivity index (χ3n) is 3.36. The van der Waals surface area contributed by atoms with Gasteiger partial charge in [0.15, 0.2) is 10.9 Å². The molecule has 8 heteroatoms. The minimum Gasteiger partial charge on any atom is -0.451 e. The van der Waals surface area contributed by atoms with Gasteiger partial charge in [0.25, 0.3) is 5.91 Å². The Morgan fingerprint density at radius 1 is 1.12 bits per heavy atom. The van der Waals surface area contributed by atoms with Gasteiger partial charge in [-0.05, 0) is 54.7 Å². The molecule has 0 spiro atoms. The smallest absolute Gasteiger partial charge is 0.293 e.